The maximum absolute atomic E-state index is 14.0. The van der Waals surface area contributed by atoms with Gasteiger partial charge >= 0.3 is 0 Å². The molecule has 2 fully saturated rings. The summed E-state index contributed by atoms with van der Waals surface area (Å²) in [5, 5.41) is 0.802. The second-order valence-corrected chi connectivity index (χ2v) is 7.32. The molecule has 1 aliphatic heterocycles. The van der Waals surface area contributed by atoms with Crippen LogP contribution in [0, 0.1) is 17.2 Å². The molecule has 0 bridgehead atoms. The zero-order valence-electron chi connectivity index (χ0n) is 14.4. The molecule has 1 saturated heterocycles. The molecule has 2 heterocycles. The number of nitrogens with zero attached hydrogens (tertiary/aromatic N) is 3. The lowest BCUT2D eigenvalue weighted by Gasteiger charge is -2.58. The zero-order valence-corrected chi connectivity index (χ0v) is 14.4. The fourth-order valence-electron chi connectivity index (χ4n) is 4.70. The summed E-state index contributed by atoms with van der Waals surface area (Å²) in [6.45, 7) is 5.31. The molecule has 5 nitrogen and oxygen atoms in total. The number of anilines is 1. The number of benzene rings is 1. The van der Waals surface area contributed by atoms with Crippen molar-refractivity contribution in [3.05, 3.63) is 24.3 Å². The third kappa shape index (κ3) is 2.02. The van der Waals surface area contributed by atoms with Gasteiger partial charge in [0, 0.05) is 42.5 Å². The maximum atomic E-state index is 14.0. The van der Waals surface area contributed by atoms with Crippen LogP contribution in [-0.2, 0) is 4.74 Å². The first kappa shape index (κ1) is 15.6. The van der Waals surface area contributed by atoms with Crippen LogP contribution < -0.4 is 9.64 Å². The van der Waals surface area contributed by atoms with Gasteiger partial charge in [0.1, 0.15) is 12.1 Å². The number of aromatic nitrogens is 2. The molecular formula is C18H22FN3O2. The average Bonchev–Trinajstić information content (AvgIpc) is 2.99. The number of methoxy groups -OCH3 is 1. The molecule has 2 aliphatic rings. The molecule has 0 amide bonds. The molecule has 3 unspecified atom stereocenters. The fraction of sp³-hybridized carbons (Fsp3) is 0.556. The predicted octanol–water partition coefficient (Wildman–Crippen LogP) is 3.03. The Hall–Kier alpha value is -1.95. The smallest absolute Gasteiger partial charge is 0.167 e. The van der Waals surface area contributed by atoms with Gasteiger partial charge in [-0.05, 0) is 12.5 Å². The molecule has 0 radical (unpaired) electrons. The Labute approximate surface area is 140 Å². The van der Waals surface area contributed by atoms with Crippen molar-refractivity contribution >= 4 is 16.7 Å². The monoisotopic (exact) mass is 331 g/mol. The van der Waals surface area contributed by atoms with Crippen LogP contribution in [0.4, 0.5) is 10.2 Å². The first-order chi connectivity index (χ1) is 11.4. The van der Waals surface area contributed by atoms with E-state index in [0.717, 1.165) is 24.2 Å². The number of hydrogen-bond acceptors (Lipinski definition) is 5. The van der Waals surface area contributed by atoms with E-state index in [2.05, 4.69) is 35.8 Å². The standard InChI is InChI=1S/C18H22FN3O2/c1-18(2)15(10-5-6-24-16(10)18)22(3)17-11-7-14(23-4)12(19)8-13(11)20-9-21-17/h7-10,15-16H,5-6H2,1-4H3. The molecular weight excluding hydrogens is 309 g/mol. The number of halogens is 1. The quantitative estimate of drug-likeness (QED) is 0.865. The Morgan fingerprint density at radius 3 is 2.88 bits per heavy atom. The molecule has 24 heavy (non-hydrogen) atoms. The topological polar surface area (TPSA) is 47.5 Å². The third-order valence-electron chi connectivity index (χ3n) is 5.68. The summed E-state index contributed by atoms with van der Waals surface area (Å²) < 4.78 is 25.0. The zero-order chi connectivity index (χ0) is 17.1. The van der Waals surface area contributed by atoms with Gasteiger partial charge in [0.25, 0.3) is 0 Å². The van der Waals surface area contributed by atoms with Gasteiger partial charge in [0.05, 0.1) is 18.7 Å². The van der Waals surface area contributed by atoms with Gasteiger partial charge in [-0.25, -0.2) is 14.4 Å². The summed E-state index contributed by atoms with van der Waals surface area (Å²) in [7, 11) is 3.52. The highest BCUT2D eigenvalue weighted by Crippen LogP contribution is 2.55. The SMILES string of the molecule is COc1cc2c(N(C)C3C4CCOC4C3(C)C)ncnc2cc1F. The van der Waals surface area contributed by atoms with Crippen molar-refractivity contribution < 1.29 is 13.9 Å². The van der Waals surface area contributed by atoms with Crippen LogP contribution in [0.1, 0.15) is 20.3 Å². The summed E-state index contributed by atoms with van der Waals surface area (Å²) in [6.07, 6.45) is 2.88. The van der Waals surface area contributed by atoms with Gasteiger partial charge < -0.3 is 14.4 Å². The summed E-state index contributed by atoms with van der Waals surface area (Å²) in [5.74, 6) is 1.12. The lowest BCUT2D eigenvalue weighted by molar-refractivity contribution is -0.101. The van der Waals surface area contributed by atoms with Gasteiger partial charge in [0.2, 0.25) is 0 Å². The first-order valence-corrected chi connectivity index (χ1v) is 8.28. The highest BCUT2D eigenvalue weighted by Gasteiger charge is 2.61. The minimum Gasteiger partial charge on any atom is -0.494 e. The van der Waals surface area contributed by atoms with Crippen molar-refractivity contribution in [2.45, 2.75) is 32.4 Å². The van der Waals surface area contributed by atoms with E-state index in [-0.39, 0.29) is 11.2 Å². The van der Waals surface area contributed by atoms with Crippen LogP contribution in [0.2, 0.25) is 0 Å². The van der Waals surface area contributed by atoms with E-state index in [0.29, 0.717) is 23.6 Å². The minimum absolute atomic E-state index is 0.0529. The van der Waals surface area contributed by atoms with Crippen molar-refractivity contribution in [1.82, 2.24) is 9.97 Å². The summed E-state index contributed by atoms with van der Waals surface area (Å²) in [6, 6.07) is 3.42. The van der Waals surface area contributed by atoms with E-state index >= 15 is 0 Å². The van der Waals surface area contributed by atoms with E-state index in [9.17, 15) is 4.39 Å². The van der Waals surface area contributed by atoms with Gasteiger partial charge in [-0.3, -0.25) is 0 Å². The molecule has 6 heteroatoms. The third-order valence-corrected chi connectivity index (χ3v) is 5.68. The Balaban J connectivity index is 1.78. The van der Waals surface area contributed by atoms with Crippen LogP contribution in [0.15, 0.2) is 18.5 Å². The Kier molecular flexibility index (Phi) is 3.42. The highest BCUT2D eigenvalue weighted by molar-refractivity contribution is 5.90. The van der Waals surface area contributed by atoms with Crippen LogP contribution in [0.5, 0.6) is 5.75 Å². The van der Waals surface area contributed by atoms with Gasteiger partial charge in [-0.1, -0.05) is 13.8 Å². The highest BCUT2D eigenvalue weighted by atomic mass is 19.1. The second-order valence-electron chi connectivity index (χ2n) is 7.32. The first-order valence-electron chi connectivity index (χ1n) is 8.28. The largest absolute Gasteiger partial charge is 0.494 e. The van der Waals surface area contributed by atoms with Crippen molar-refractivity contribution in [3.63, 3.8) is 0 Å². The molecule has 1 aromatic heterocycles. The molecule has 2 aromatic rings. The molecule has 1 aromatic carbocycles. The van der Waals surface area contributed by atoms with Crippen molar-refractivity contribution in [2.75, 3.05) is 25.7 Å². The maximum Gasteiger partial charge on any atom is 0.167 e. The molecule has 1 aliphatic carbocycles. The molecule has 0 N–H and O–H groups in total. The van der Waals surface area contributed by atoms with Crippen LogP contribution in [-0.4, -0.2) is 42.9 Å². The Bertz CT molecular complexity index is 795. The molecule has 0 spiro atoms. The van der Waals surface area contributed by atoms with Gasteiger partial charge in [-0.2, -0.15) is 0 Å². The van der Waals surface area contributed by atoms with Crippen LogP contribution in [0.3, 0.4) is 0 Å². The molecule has 4 rings (SSSR count). The number of hydrogen-bond donors (Lipinski definition) is 0. The van der Waals surface area contributed by atoms with Gasteiger partial charge in [-0.15, -0.1) is 0 Å². The number of ether oxygens (including phenoxy) is 2. The van der Waals surface area contributed by atoms with E-state index in [1.165, 1.54) is 19.5 Å². The normalized spacial score (nSPS) is 27.6. The van der Waals surface area contributed by atoms with Crippen LogP contribution >= 0.6 is 0 Å². The van der Waals surface area contributed by atoms with Crippen molar-refractivity contribution in [1.29, 1.82) is 0 Å². The van der Waals surface area contributed by atoms with Crippen molar-refractivity contribution in [3.8, 4) is 5.75 Å². The predicted molar refractivity (Wildman–Crippen MR) is 89.9 cm³/mol. The Morgan fingerprint density at radius 1 is 1.33 bits per heavy atom. The average molecular weight is 331 g/mol. The van der Waals surface area contributed by atoms with Gasteiger partial charge in [0.15, 0.2) is 11.6 Å². The number of fused-ring (bicyclic) bond motifs is 2. The molecule has 1 saturated carbocycles. The van der Waals surface area contributed by atoms with E-state index < -0.39 is 5.82 Å². The molecule has 128 valence electrons. The molecule has 3 atom stereocenters. The lowest BCUT2D eigenvalue weighted by atomic mass is 9.57. The summed E-state index contributed by atoms with van der Waals surface area (Å²) in [4.78, 5) is 10.9. The second kappa shape index (κ2) is 5.28. The van der Waals surface area contributed by atoms with E-state index in [1.54, 1.807) is 6.07 Å². The fourth-order valence-corrected chi connectivity index (χ4v) is 4.70. The summed E-state index contributed by atoms with van der Waals surface area (Å²) in [5.41, 5.74) is 0.638. The van der Waals surface area contributed by atoms with E-state index in [4.69, 9.17) is 9.47 Å². The van der Waals surface area contributed by atoms with Crippen LogP contribution in [0.25, 0.3) is 10.9 Å². The number of rotatable bonds is 3. The minimum atomic E-state index is -0.412. The van der Waals surface area contributed by atoms with Crippen molar-refractivity contribution in [2.24, 2.45) is 11.3 Å². The Morgan fingerprint density at radius 2 is 2.12 bits per heavy atom. The lowest BCUT2D eigenvalue weighted by Crippen LogP contribution is -2.66. The summed E-state index contributed by atoms with van der Waals surface area (Å²) >= 11 is 0. The van der Waals surface area contributed by atoms with E-state index in [1.807, 2.05) is 0 Å².